The summed E-state index contributed by atoms with van der Waals surface area (Å²) in [4.78, 5) is 44.0. The van der Waals surface area contributed by atoms with Crippen molar-refractivity contribution in [3.8, 4) is 11.4 Å². The molecule has 1 aromatic heterocycles. The highest BCUT2D eigenvalue weighted by Crippen LogP contribution is 2.35. The Hall–Kier alpha value is -4.50. The first-order chi connectivity index (χ1) is 18.1. The molecule has 0 spiro atoms. The minimum atomic E-state index is -0.872. The molecule has 1 fully saturated rings. The first-order valence-corrected chi connectivity index (χ1v) is 12.1. The largest absolute Gasteiger partial charge is 0.476 e. The third kappa shape index (κ3) is 4.13. The first kappa shape index (κ1) is 22.9. The number of morpholine rings is 1. The summed E-state index contributed by atoms with van der Waals surface area (Å²) in [5, 5.41) is 5.37. The van der Waals surface area contributed by atoms with Crippen molar-refractivity contribution in [2.45, 2.75) is 6.10 Å². The summed E-state index contributed by atoms with van der Waals surface area (Å²) in [6.07, 6.45) is -0.872. The van der Waals surface area contributed by atoms with Crippen molar-refractivity contribution >= 4 is 28.3 Å². The molecule has 0 aliphatic carbocycles. The van der Waals surface area contributed by atoms with Gasteiger partial charge in [0.1, 0.15) is 5.75 Å². The molecular formula is C28H24N4O5. The number of anilines is 1. The number of para-hydroxylation sites is 3. The van der Waals surface area contributed by atoms with E-state index >= 15 is 0 Å². The zero-order valence-corrected chi connectivity index (χ0v) is 19.9. The van der Waals surface area contributed by atoms with E-state index in [9.17, 15) is 14.4 Å². The van der Waals surface area contributed by atoms with Crippen LogP contribution in [0.5, 0.6) is 5.75 Å². The summed E-state index contributed by atoms with van der Waals surface area (Å²) in [7, 11) is 0. The monoisotopic (exact) mass is 496 g/mol. The van der Waals surface area contributed by atoms with E-state index in [0.717, 1.165) is 0 Å². The van der Waals surface area contributed by atoms with Crippen LogP contribution in [0.25, 0.3) is 16.5 Å². The van der Waals surface area contributed by atoms with E-state index in [0.29, 0.717) is 54.2 Å². The molecule has 0 N–H and O–H groups in total. The van der Waals surface area contributed by atoms with E-state index in [2.05, 4.69) is 5.10 Å². The lowest BCUT2D eigenvalue weighted by Crippen LogP contribution is -2.54. The molecule has 0 unspecified atom stereocenters. The number of ether oxygens (including phenoxy) is 2. The van der Waals surface area contributed by atoms with Crippen molar-refractivity contribution in [1.29, 1.82) is 0 Å². The van der Waals surface area contributed by atoms with Gasteiger partial charge in [0.15, 0.2) is 11.8 Å². The number of benzene rings is 3. The third-order valence-corrected chi connectivity index (χ3v) is 6.63. The number of carbonyl (C=O) groups is 2. The summed E-state index contributed by atoms with van der Waals surface area (Å²) in [5.74, 6) is -0.173. The molecule has 9 nitrogen and oxygen atoms in total. The fourth-order valence-electron chi connectivity index (χ4n) is 4.76. The maximum Gasteiger partial charge on any atom is 0.279 e. The molecule has 0 radical (unpaired) electrons. The zero-order chi connectivity index (χ0) is 25.4. The summed E-state index contributed by atoms with van der Waals surface area (Å²) >= 11 is 0. The van der Waals surface area contributed by atoms with Gasteiger partial charge in [-0.2, -0.15) is 9.78 Å². The Bertz CT molecular complexity index is 1550. The van der Waals surface area contributed by atoms with Gasteiger partial charge in [0.25, 0.3) is 17.4 Å². The second-order valence-electron chi connectivity index (χ2n) is 8.87. The minimum absolute atomic E-state index is 0.0203. The molecule has 4 aromatic rings. The predicted molar refractivity (Wildman–Crippen MR) is 137 cm³/mol. The van der Waals surface area contributed by atoms with Crippen LogP contribution in [0.15, 0.2) is 83.7 Å². The highest BCUT2D eigenvalue weighted by atomic mass is 16.5. The Morgan fingerprint density at radius 3 is 2.30 bits per heavy atom. The lowest BCUT2D eigenvalue weighted by molar-refractivity contribution is -0.142. The third-order valence-electron chi connectivity index (χ3n) is 6.63. The molecule has 1 saturated heterocycles. The molecule has 9 heteroatoms. The number of fused-ring (bicyclic) bond motifs is 2. The maximum absolute atomic E-state index is 14.2. The van der Waals surface area contributed by atoms with Crippen molar-refractivity contribution in [2.24, 2.45) is 0 Å². The van der Waals surface area contributed by atoms with Crippen molar-refractivity contribution in [3.63, 3.8) is 0 Å². The standard InChI is InChI=1S/C28H24N4O5/c33-26-21-11-5-4-10-20(21)25(29-32(26)19-8-2-1-3-9-19)28(35)31-18-24(27(34)30-14-16-36-17-15-30)37-23-13-7-6-12-22(23)31/h1-13,24H,14-18H2/t24-/m1/s1. The maximum atomic E-state index is 14.2. The molecule has 2 aliphatic rings. The fraction of sp³-hybridized carbons (Fsp3) is 0.214. The quantitative estimate of drug-likeness (QED) is 0.433. The number of hydrogen-bond donors (Lipinski definition) is 0. The summed E-state index contributed by atoms with van der Waals surface area (Å²) in [6.45, 7) is 1.90. The van der Waals surface area contributed by atoms with Gasteiger partial charge in [-0.3, -0.25) is 19.3 Å². The average molecular weight is 497 g/mol. The topological polar surface area (TPSA) is 94.0 Å². The fourth-order valence-corrected chi connectivity index (χ4v) is 4.76. The van der Waals surface area contributed by atoms with Crippen LogP contribution in [0.1, 0.15) is 10.5 Å². The molecule has 2 amide bonds. The first-order valence-electron chi connectivity index (χ1n) is 12.1. The number of aromatic nitrogens is 2. The molecule has 6 rings (SSSR count). The van der Waals surface area contributed by atoms with E-state index in [1.54, 1.807) is 71.6 Å². The van der Waals surface area contributed by atoms with Crippen LogP contribution in [0.3, 0.4) is 0 Å². The Morgan fingerprint density at radius 1 is 0.838 bits per heavy atom. The van der Waals surface area contributed by atoms with Gasteiger partial charge in [-0.15, -0.1) is 0 Å². The Kier molecular flexibility index (Phi) is 5.90. The van der Waals surface area contributed by atoms with E-state index in [4.69, 9.17) is 9.47 Å². The summed E-state index contributed by atoms with van der Waals surface area (Å²) in [6, 6.07) is 23.0. The van der Waals surface area contributed by atoms with Crippen molar-refractivity contribution in [1.82, 2.24) is 14.7 Å². The minimum Gasteiger partial charge on any atom is -0.476 e. The molecule has 3 heterocycles. The van der Waals surface area contributed by atoms with E-state index in [1.807, 2.05) is 12.1 Å². The van der Waals surface area contributed by atoms with Crippen LogP contribution in [-0.4, -0.2) is 65.4 Å². The van der Waals surface area contributed by atoms with Gasteiger partial charge in [0.2, 0.25) is 0 Å². The van der Waals surface area contributed by atoms with Gasteiger partial charge in [-0.05, 0) is 30.3 Å². The van der Waals surface area contributed by atoms with E-state index in [-0.39, 0.29) is 23.7 Å². The second kappa shape index (κ2) is 9.51. The lowest BCUT2D eigenvalue weighted by Gasteiger charge is -2.37. The molecule has 37 heavy (non-hydrogen) atoms. The number of carbonyl (C=O) groups excluding carboxylic acids is 2. The van der Waals surface area contributed by atoms with Crippen LogP contribution >= 0.6 is 0 Å². The van der Waals surface area contributed by atoms with Crippen LogP contribution in [0, 0.1) is 0 Å². The van der Waals surface area contributed by atoms with Gasteiger partial charge in [-0.25, -0.2) is 0 Å². The number of rotatable bonds is 3. The molecule has 0 saturated carbocycles. The van der Waals surface area contributed by atoms with Crippen molar-refractivity contribution in [3.05, 3.63) is 94.9 Å². The molecule has 0 bridgehead atoms. The van der Waals surface area contributed by atoms with Gasteiger partial charge in [0, 0.05) is 18.5 Å². The highest BCUT2D eigenvalue weighted by Gasteiger charge is 2.37. The zero-order valence-electron chi connectivity index (χ0n) is 19.9. The van der Waals surface area contributed by atoms with Gasteiger partial charge >= 0.3 is 0 Å². The molecule has 2 aliphatic heterocycles. The van der Waals surface area contributed by atoms with Gasteiger partial charge in [0.05, 0.1) is 36.5 Å². The number of hydrogen-bond acceptors (Lipinski definition) is 6. The SMILES string of the molecule is O=C([C@H]1CN(C(=O)c2nn(-c3ccccc3)c(=O)c3ccccc23)c2ccccc2O1)N1CCOCC1. The van der Waals surface area contributed by atoms with Crippen LogP contribution in [-0.2, 0) is 9.53 Å². The van der Waals surface area contributed by atoms with Crippen LogP contribution in [0.2, 0.25) is 0 Å². The van der Waals surface area contributed by atoms with Crippen molar-refractivity contribution < 1.29 is 19.1 Å². The molecular weight excluding hydrogens is 472 g/mol. The average Bonchev–Trinajstić information content (AvgIpc) is 2.97. The predicted octanol–water partition coefficient (Wildman–Crippen LogP) is 2.65. The van der Waals surface area contributed by atoms with Gasteiger partial charge < -0.3 is 14.4 Å². The normalized spacial score (nSPS) is 17.2. The Balaban J connectivity index is 1.45. The smallest absolute Gasteiger partial charge is 0.279 e. The van der Waals surface area contributed by atoms with E-state index in [1.165, 1.54) is 9.58 Å². The number of amides is 2. The van der Waals surface area contributed by atoms with Gasteiger partial charge in [-0.1, -0.05) is 48.5 Å². The summed E-state index contributed by atoms with van der Waals surface area (Å²) in [5.41, 5.74) is 0.895. The van der Waals surface area contributed by atoms with Crippen molar-refractivity contribution in [2.75, 3.05) is 37.7 Å². The summed E-state index contributed by atoms with van der Waals surface area (Å²) < 4.78 is 12.7. The Labute approximate surface area is 212 Å². The van der Waals surface area contributed by atoms with E-state index < -0.39 is 12.0 Å². The van der Waals surface area contributed by atoms with Crippen LogP contribution in [0.4, 0.5) is 5.69 Å². The van der Waals surface area contributed by atoms with Crippen LogP contribution < -0.4 is 15.2 Å². The molecule has 3 aromatic carbocycles. The number of nitrogens with zero attached hydrogens (tertiary/aromatic N) is 4. The lowest BCUT2D eigenvalue weighted by atomic mass is 10.1. The second-order valence-corrected chi connectivity index (χ2v) is 8.87. The molecule has 1 atom stereocenters. The highest BCUT2D eigenvalue weighted by molar-refractivity contribution is 6.13. The molecule has 186 valence electrons. The Morgan fingerprint density at radius 2 is 1.51 bits per heavy atom.